The number of methoxy groups -OCH3 is 1. The molecule has 0 radical (unpaired) electrons. The molecule has 0 aliphatic carbocycles. The number of ether oxygens (including phenoxy) is 1. The minimum absolute atomic E-state index is 0.842. The maximum absolute atomic E-state index is 5.14. The average molecular weight is 261 g/mol. The Morgan fingerprint density at radius 2 is 1.60 bits per heavy atom. The van der Waals surface area contributed by atoms with Gasteiger partial charge in [-0.25, -0.2) is 0 Å². The van der Waals surface area contributed by atoms with Crippen LogP contribution >= 0.6 is 0 Å². The maximum Gasteiger partial charge on any atom is 0.119 e. The molecule has 0 saturated heterocycles. The second-order valence-corrected chi connectivity index (χ2v) is 4.52. The van der Waals surface area contributed by atoms with Gasteiger partial charge in [-0.05, 0) is 35.0 Å². The molecule has 0 atom stereocenters. The molecule has 3 rings (SSSR count). The van der Waals surface area contributed by atoms with E-state index in [1.807, 2.05) is 42.6 Å². The zero-order chi connectivity index (χ0) is 13.8. The highest BCUT2D eigenvalue weighted by atomic mass is 16.5. The highest BCUT2D eigenvalue weighted by Gasteiger charge is 1.97. The quantitative estimate of drug-likeness (QED) is 0.631. The van der Waals surface area contributed by atoms with Crippen molar-refractivity contribution in [2.24, 2.45) is 4.99 Å². The van der Waals surface area contributed by atoms with E-state index in [-0.39, 0.29) is 0 Å². The van der Waals surface area contributed by atoms with Crippen molar-refractivity contribution in [2.75, 3.05) is 7.11 Å². The van der Waals surface area contributed by atoms with Gasteiger partial charge >= 0.3 is 0 Å². The van der Waals surface area contributed by atoms with Crippen molar-refractivity contribution < 1.29 is 4.74 Å². The van der Waals surface area contributed by atoms with Crippen LogP contribution in [0.4, 0.5) is 5.69 Å². The molecule has 0 amide bonds. The third kappa shape index (κ3) is 2.54. The molecular formula is C18H15NO. The summed E-state index contributed by atoms with van der Waals surface area (Å²) < 4.78 is 5.14. The Morgan fingerprint density at radius 3 is 2.40 bits per heavy atom. The normalized spacial score (nSPS) is 11.1. The summed E-state index contributed by atoms with van der Waals surface area (Å²) in [5, 5.41) is 2.44. The lowest BCUT2D eigenvalue weighted by molar-refractivity contribution is 0.415. The lowest BCUT2D eigenvalue weighted by Crippen LogP contribution is -1.84. The largest absolute Gasteiger partial charge is 0.497 e. The molecule has 3 aromatic carbocycles. The summed E-state index contributed by atoms with van der Waals surface area (Å²) in [6, 6.07) is 22.3. The summed E-state index contributed by atoms with van der Waals surface area (Å²) in [5.41, 5.74) is 2.04. The summed E-state index contributed by atoms with van der Waals surface area (Å²) in [7, 11) is 1.66. The van der Waals surface area contributed by atoms with Crippen molar-refractivity contribution in [3.8, 4) is 5.75 Å². The lowest BCUT2D eigenvalue weighted by Gasteiger charge is -2.02. The molecular weight excluding hydrogens is 246 g/mol. The van der Waals surface area contributed by atoms with E-state index in [0.717, 1.165) is 17.0 Å². The molecule has 0 unspecified atom stereocenters. The van der Waals surface area contributed by atoms with E-state index in [1.165, 1.54) is 10.8 Å². The monoisotopic (exact) mass is 261 g/mol. The summed E-state index contributed by atoms with van der Waals surface area (Å²) in [6.07, 6.45) is 1.91. The third-order valence-electron chi connectivity index (χ3n) is 3.25. The van der Waals surface area contributed by atoms with Crippen LogP contribution in [0.3, 0.4) is 0 Å². The average Bonchev–Trinajstić information content (AvgIpc) is 2.53. The van der Waals surface area contributed by atoms with Gasteiger partial charge in [0, 0.05) is 11.8 Å². The van der Waals surface area contributed by atoms with Crippen LogP contribution in [-0.2, 0) is 0 Å². The maximum atomic E-state index is 5.14. The second-order valence-electron chi connectivity index (χ2n) is 4.52. The molecule has 2 heteroatoms. The van der Waals surface area contributed by atoms with Crippen molar-refractivity contribution in [1.82, 2.24) is 0 Å². The first kappa shape index (κ1) is 12.4. The molecule has 3 aromatic rings. The zero-order valence-electron chi connectivity index (χ0n) is 11.3. The Kier molecular flexibility index (Phi) is 3.46. The molecule has 20 heavy (non-hydrogen) atoms. The Morgan fingerprint density at radius 1 is 0.850 bits per heavy atom. The van der Waals surface area contributed by atoms with Crippen molar-refractivity contribution in [3.05, 3.63) is 72.3 Å². The Labute approximate surface area is 118 Å². The van der Waals surface area contributed by atoms with Gasteiger partial charge in [0.25, 0.3) is 0 Å². The number of aliphatic imine (C=N–C) groups is 1. The summed E-state index contributed by atoms with van der Waals surface area (Å²) in [5.74, 6) is 0.842. The fourth-order valence-corrected chi connectivity index (χ4v) is 2.18. The number of rotatable bonds is 3. The fourth-order valence-electron chi connectivity index (χ4n) is 2.18. The molecule has 0 spiro atoms. The van der Waals surface area contributed by atoms with E-state index in [9.17, 15) is 0 Å². The van der Waals surface area contributed by atoms with Gasteiger partial charge < -0.3 is 4.74 Å². The topological polar surface area (TPSA) is 21.6 Å². The van der Waals surface area contributed by atoms with Crippen molar-refractivity contribution in [1.29, 1.82) is 0 Å². The van der Waals surface area contributed by atoms with Gasteiger partial charge in [0.15, 0.2) is 0 Å². The van der Waals surface area contributed by atoms with E-state index in [1.54, 1.807) is 7.11 Å². The van der Waals surface area contributed by atoms with E-state index >= 15 is 0 Å². The van der Waals surface area contributed by atoms with E-state index < -0.39 is 0 Å². The molecule has 0 N–H and O–H groups in total. The van der Waals surface area contributed by atoms with Gasteiger partial charge in [-0.3, -0.25) is 4.99 Å². The molecule has 0 bridgehead atoms. The van der Waals surface area contributed by atoms with Crippen molar-refractivity contribution >= 4 is 22.7 Å². The number of hydrogen-bond donors (Lipinski definition) is 0. The van der Waals surface area contributed by atoms with Gasteiger partial charge in [0.2, 0.25) is 0 Å². The van der Waals surface area contributed by atoms with Crippen LogP contribution in [0.5, 0.6) is 5.75 Å². The summed E-state index contributed by atoms with van der Waals surface area (Å²) >= 11 is 0. The van der Waals surface area contributed by atoms with Crippen LogP contribution in [0.25, 0.3) is 10.8 Å². The van der Waals surface area contributed by atoms with Gasteiger partial charge in [-0.15, -0.1) is 0 Å². The smallest absolute Gasteiger partial charge is 0.119 e. The van der Waals surface area contributed by atoms with Crippen molar-refractivity contribution in [2.45, 2.75) is 0 Å². The SMILES string of the molecule is COc1ccc(N=Cc2cccc3ccccc23)cc1. The third-order valence-corrected chi connectivity index (χ3v) is 3.25. The number of hydrogen-bond acceptors (Lipinski definition) is 2. The number of nitrogens with zero attached hydrogens (tertiary/aromatic N) is 1. The van der Waals surface area contributed by atoms with Gasteiger partial charge in [-0.1, -0.05) is 42.5 Å². The fraction of sp³-hybridized carbons (Fsp3) is 0.0556. The van der Waals surface area contributed by atoms with Crippen LogP contribution in [0, 0.1) is 0 Å². The molecule has 2 nitrogen and oxygen atoms in total. The van der Waals surface area contributed by atoms with Crippen LogP contribution in [0.1, 0.15) is 5.56 Å². The Hall–Kier alpha value is -2.61. The first-order valence-electron chi connectivity index (χ1n) is 6.53. The lowest BCUT2D eigenvalue weighted by atomic mass is 10.1. The first-order chi connectivity index (χ1) is 9.86. The summed E-state index contributed by atoms with van der Waals surface area (Å²) in [6.45, 7) is 0. The van der Waals surface area contributed by atoms with Gasteiger partial charge in [0.1, 0.15) is 5.75 Å². The van der Waals surface area contributed by atoms with Crippen LogP contribution in [0.2, 0.25) is 0 Å². The van der Waals surface area contributed by atoms with E-state index in [4.69, 9.17) is 4.74 Å². The standard InChI is InChI=1S/C18H15NO/c1-20-17-11-9-16(10-12-17)19-13-15-7-4-6-14-5-2-3-8-18(14)15/h2-13H,1H3. The highest BCUT2D eigenvalue weighted by Crippen LogP contribution is 2.20. The molecule has 0 heterocycles. The predicted octanol–water partition coefficient (Wildman–Crippen LogP) is 4.60. The zero-order valence-corrected chi connectivity index (χ0v) is 11.3. The second kappa shape index (κ2) is 5.57. The number of fused-ring (bicyclic) bond motifs is 1. The Balaban J connectivity index is 1.93. The molecule has 0 aromatic heterocycles. The number of benzene rings is 3. The van der Waals surface area contributed by atoms with Gasteiger partial charge in [0.05, 0.1) is 12.8 Å². The minimum Gasteiger partial charge on any atom is -0.497 e. The predicted molar refractivity (Wildman–Crippen MR) is 84.2 cm³/mol. The summed E-state index contributed by atoms with van der Waals surface area (Å²) in [4.78, 5) is 4.52. The van der Waals surface area contributed by atoms with E-state index in [2.05, 4.69) is 35.3 Å². The minimum atomic E-state index is 0.842. The molecule has 98 valence electrons. The molecule has 0 fully saturated rings. The molecule has 0 saturated carbocycles. The van der Waals surface area contributed by atoms with Crippen LogP contribution in [0.15, 0.2) is 71.7 Å². The first-order valence-corrected chi connectivity index (χ1v) is 6.53. The Bertz CT molecular complexity index is 739. The van der Waals surface area contributed by atoms with Crippen LogP contribution in [-0.4, -0.2) is 13.3 Å². The van der Waals surface area contributed by atoms with Crippen LogP contribution < -0.4 is 4.74 Å². The highest BCUT2D eigenvalue weighted by molar-refractivity contribution is 6.00. The van der Waals surface area contributed by atoms with Gasteiger partial charge in [-0.2, -0.15) is 0 Å². The molecule has 0 aliphatic rings. The van der Waals surface area contributed by atoms with E-state index in [0.29, 0.717) is 0 Å². The van der Waals surface area contributed by atoms with Crippen molar-refractivity contribution in [3.63, 3.8) is 0 Å². The molecule has 0 aliphatic heterocycles.